The van der Waals surface area contributed by atoms with Crippen molar-refractivity contribution >= 4 is 17.6 Å². The van der Waals surface area contributed by atoms with Crippen LogP contribution in [0.15, 0.2) is 42.6 Å². The number of nitrogens with one attached hydrogen (secondary N) is 2. The Morgan fingerprint density at radius 2 is 2.04 bits per heavy atom. The molecular formula is C21H24N4O2. The minimum atomic E-state index is -0.0407. The first-order valence-electron chi connectivity index (χ1n) is 9.51. The fourth-order valence-electron chi connectivity index (χ4n) is 3.85. The van der Waals surface area contributed by atoms with Crippen LogP contribution >= 0.6 is 0 Å². The molecule has 0 radical (unpaired) electrons. The highest BCUT2D eigenvalue weighted by Gasteiger charge is 2.23. The number of aromatic nitrogens is 1. The van der Waals surface area contributed by atoms with E-state index in [9.17, 15) is 9.59 Å². The lowest BCUT2D eigenvalue weighted by molar-refractivity contribution is -0.121. The van der Waals surface area contributed by atoms with E-state index >= 15 is 0 Å². The number of carbonyl (C=O) groups is 2. The molecule has 1 fully saturated rings. The Hall–Kier alpha value is -2.89. The first-order valence-corrected chi connectivity index (χ1v) is 9.51. The average Bonchev–Trinajstić information content (AvgIpc) is 3.11. The molecule has 4 rings (SSSR count). The molecule has 2 N–H and O–H groups in total. The molecule has 1 atom stereocenters. The first kappa shape index (κ1) is 17.5. The zero-order valence-corrected chi connectivity index (χ0v) is 15.3. The topological polar surface area (TPSA) is 74.3 Å². The molecule has 0 spiro atoms. The fraction of sp³-hybridized carbons (Fsp3) is 0.381. The van der Waals surface area contributed by atoms with Crippen molar-refractivity contribution in [2.24, 2.45) is 0 Å². The summed E-state index contributed by atoms with van der Waals surface area (Å²) in [6.45, 7) is 2.20. The summed E-state index contributed by atoms with van der Waals surface area (Å²) in [6, 6.07) is 12.4. The number of anilines is 1. The van der Waals surface area contributed by atoms with Crippen molar-refractivity contribution in [1.82, 2.24) is 15.6 Å². The van der Waals surface area contributed by atoms with Gasteiger partial charge in [0.15, 0.2) is 0 Å². The zero-order valence-electron chi connectivity index (χ0n) is 15.3. The van der Waals surface area contributed by atoms with Gasteiger partial charge in [0.25, 0.3) is 0 Å². The molecular weight excluding hydrogens is 340 g/mol. The predicted molar refractivity (Wildman–Crippen MR) is 103 cm³/mol. The molecule has 1 aromatic carbocycles. The Labute approximate surface area is 159 Å². The Morgan fingerprint density at radius 1 is 1.19 bits per heavy atom. The largest absolute Gasteiger partial charge is 0.353 e. The minimum absolute atomic E-state index is 0.0349. The van der Waals surface area contributed by atoms with Gasteiger partial charge in [-0.2, -0.15) is 0 Å². The lowest BCUT2D eigenvalue weighted by Gasteiger charge is -2.31. The van der Waals surface area contributed by atoms with Crippen molar-refractivity contribution < 1.29 is 9.59 Å². The highest BCUT2D eigenvalue weighted by Crippen LogP contribution is 2.25. The van der Waals surface area contributed by atoms with E-state index in [1.165, 1.54) is 11.1 Å². The second kappa shape index (κ2) is 7.78. The van der Waals surface area contributed by atoms with E-state index in [2.05, 4.69) is 44.8 Å². The lowest BCUT2D eigenvalue weighted by Crippen LogP contribution is -2.34. The van der Waals surface area contributed by atoms with Crippen molar-refractivity contribution in [3.05, 3.63) is 59.3 Å². The lowest BCUT2D eigenvalue weighted by atomic mass is 9.99. The third-order valence-electron chi connectivity index (χ3n) is 5.29. The number of pyridine rings is 1. The maximum atomic E-state index is 12.2. The van der Waals surface area contributed by atoms with Gasteiger partial charge in [-0.15, -0.1) is 0 Å². The van der Waals surface area contributed by atoms with E-state index < -0.39 is 0 Å². The summed E-state index contributed by atoms with van der Waals surface area (Å²) in [5.41, 5.74) is 3.75. The highest BCUT2D eigenvalue weighted by atomic mass is 16.2. The molecule has 0 bridgehead atoms. The number of amides is 2. The summed E-state index contributed by atoms with van der Waals surface area (Å²) in [4.78, 5) is 30.4. The molecule has 27 heavy (non-hydrogen) atoms. The smallest absolute Gasteiger partial charge is 0.222 e. The van der Waals surface area contributed by atoms with E-state index in [1.54, 1.807) is 6.20 Å². The molecule has 6 heteroatoms. The highest BCUT2D eigenvalue weighted by molar-refractivity contribution is 5.81. The quantitative estimate of drug-likeness (QED) is 0.850. The third-order valence-corrected chi connectivity index (χ3v) is 5.29. The summed E-state index contributed by atoms with van der Waals surface area (Å²) in [5, 5.41) is 5.82. The fourth-order valence-corrected chi connectivity index (χ4v) is 3.85. The molecule has 3 heterocycles. The second-order valence-corrected chi connectivity index (χ2v) is 7.21. The Bertz CT molecular complexity index is 852. The number of carbonyl (C=O) groups excluding carboxylic acids is 2. The van der Waals surface area contributed by atoms with E-state index in [1.807, 2.05) is 12.1 Å². The predicted octanol–water partition coefficient (Wildman–Crippen LogP) is 1.93. The Balaban J connectivity index is 1.40. The van der Waals surface area contributed by atoms with Crippen LogP contribution in [0.5, 0.6) is 0 Å². The van der Waals surface area contributed by atoms with E-state index in [0.29, 0.717) is 19.4 Å². The van der Waals surface area contributed by atoms with Crippen molar-refractivity contribution in [1.29, 1.82) is 0 Å². The molecule has 2 amide bonds. The number of nitrogens with zero attached hydrogens (tertiary/aromatic N) is 2. The number of benzene rings is 1. The van der Waals surface area contributed by atoms with Crippen molar-refractivity contribution in [2.75, 3.05) is 11.4 Å². The molecule has 1 aromatic heterocycles. The number of hydrogen-bond donors (Lipinski definition) is 2. The van der Waals surface area contributed by atoms with Crippen LogP contribution in [0.25, 0.3) is 0 Å². The van der Waals surface area contributed by atoms with Gasteiger partial charge in [-0.3, -0.25) is 9.59 Å². The van der Waals surface area contributed by atoms with Crippen molar-refractivity contribution in [3.63, 3.8) is 0 Å². The van der Waals surface area contributed by atoms with Crippen molar-refractivity contribution in [3.8, 4) is 0 Å². The minimum Gasteiger partial charge on any atom is -0.353 e. The van der Waals surface area contributed by atoms with E-state index in [-0.39, 0.29) is 17.9 Å². The Kier molecular flexibility index (Phi) is 5.05. The van der Waals surface area contributed by atoms with Gasteiger partial charge in [-0.05, 0) is 30.0 Å². The normalized spacial score (nSPS) is 18.7. The van der Waals surface area contributed by atoms with Gasteiger partial charge in [0, 0.05) is 50.3 Å². The van der Waals surface area contributed by atoms with Gasteiger partial charge in [0.05, 0.1) is 0 Å². The van der Waals surface area contributed by atoms with Crippen LogP contribution < -0.4 is 15.5 Å². The van der Waals surface area contributed by atoms with Crippen molar-refractivity contribution in [2.45, 2.75) is 44.8 Å². The summed E-state index contributed by atoms with van der Waals surface area (Å²) in [7, 11) is 0. The summed E-state index contributed by atoms with van der Waals surface area (Å²) in [5.74, 6) is 0.926. The average molecular weight is 364 g/mol. The molecule has 6 nitrogen and oxygen atoms in total. The number of rotatable bonds is 5. The summed E-state index contributed by atoms with van der Waals surface area (Å²) < 4.78 is 0. The number of fused-ring (bicyclic) bond motifs is 1. The summed E-state index contributed by atoms with van der Waals surface area (Å²) >= 11 is 0. The van der Waals surface area contributed by atoms with Crippen LogP contribution in [0.2, 0.25) is 0 Å². The van der Waals surface area contributed by atoms with Gasteiger partial charge in [0.2, 0.25) is 11.8 Å². The molecule has 0 aliphatic carbocycles. The van der Waals surface area contributed by atoms with Gasteiger partial charge >= 0.3 is 0 Å². The molecule has 2 aliphatic rings. The molecule has 0 saturated carbocycles. The van der Waals surface area contributed by atoms with Crippen LogP contribution in [0, 0.1) is 0 Å². The SMILES string of the molecule is O=C(C[C@H]1CCC(=O)N1)NCc1cccnc1N1CCc2ccccc2C1. The van der Waals surface area contributed by atoms with Crippen LogP contribution in [0.4, 0.5) is 5.82 Å². The monoisotopic (exact) mass is 364 g/mol. The zero-order chi connectivity index (χ0) is 18.6. The molecule has 1 saturated heterocycles. The molecule has 140 valence electrons. The molecule has 2 aromatic rings. The first-order chi connectivity index (χ1) is 13.2. The van der Waals surface area contributed by atoms with Gasteiger partial charge in [-0.1, -0.05) is 30.3 Å². The maximum Gasteiger partial charge on any atom is 0.222 e. The van der Waals surface area contributed by atoms with Crippen LogP contribution in [0.3, 0.4) is 0 Å². The Morgan fingerprint density at radius 3 is 2.85 bits per heavy atom. The molecule has 0 unspecified atom stereocenters. The van der Waals surface area contributed by atoms with Gasteiger partial charge in [0.1, 0.15) is 5.82 Å². The summed E-state index contributed by atoms with van der Waals surface area (Å²) in [6.07, 6.45) is 4.38. The van der Waals surface area contributed by atoms with Crippen LogP contribution in [-0.4, -0.2) is 29.4 Å². The van der Waals surface area contributed by atoms with Gasteiger partial charge in [-0.25, -0.2) is 4.98 Å². The standard InChI is InChI=1S/C21H24N4O2/c26-19-8-7-18(24-19)12-20(27)23-13-16-6-3-10-22-21(16)25-11-9-15-4-1-2-5-17(15)14-25/h1-6,10,18H,7-9,11-14H2,(H,23,27)(H,24,26)/t18-/m1/s1. The van der Waals surface area contributed by atoms with Gasteiger partial charge < -0.3 is 15.5 Å². The second-order valence-electron chi connectivity index (χ2n) is 7.21. The third kappa shape index (κ3) is 4.10. The van der Waals surface area contributed by atoms with E-state index in [4.69, 9.17) is 0 Å². The molecule has 2 aliphatic heterocycles. The van der Waals surface area contributed by atoms with Crippen LogP contribution in [-0.2, 0) is 29.1 Å². The van der Waals surface area contributed by atoms with Crippen LogP contribution in [0.1, 0.15) is 36.0 Å². The number of hydrogen-bond acceptors (Lipinski definition) is 4. The van der Waals surface area contributed by atoms with E-state index in [0.717, 1.165) is 37.3 Å². The maximum absolute atomic E-state index is 12.2.